The number of esters is 1. The third-order valence-corrected chi connectivity index (χ3v) is 5.80. The predicted octanol–water partition coefficient (Wildman–Crippen LogP) is 2.40. The number of likely N-dealkylation sites (N-methyl/N-ethyl adjacent to an activating group) is 1. The maximum absolute atomic E-state index is 12.9. The smallest absolute Gasteiger partial charge is 0.340 e. The van der Waals surface area contributed by atoms with Gasteiger partial charge >= 0.3 is 5.97 Å². The fourth-order valence-corrected chi connectivity index (χ4v) is 3.99. The molecule has 1 aliphatic heterocycles. The van der Waals surface area contributed by atoms with Gasteiger partial charge in [0.25, 0.3) is 5.91 Å². The van der Waals surface area contributed by atoms with E-state index in [-0.39, 0.29) is 10.8 Å². The van der Waals surface area contributed by atoms with E-state index in [9.17, 15) is 18.0 Å². The normalized spacial score (nSPS) is 19.5. The van der Waals surface area contributed by atoms with E-state index < -0.39 is 21.4 Å². The van der Waals surface area contributed by atoms with E-state index in [0.29, 0.717) is 22.3 Å². The predicted molar refractivity (Wildman–Crippen MR) is 106 cm³/mol. The highest BCUT2D eigenvalue weighted by molar-refractivity contribution is 7.90. The summed E-state index contributed by atoms with van der Waals surface area (Å²) >= 11 is 0. The van der Waals surface area contributed by atoms with Gasteiger partial charge < -0.3 is 9.64 Å². The molecular weight excluding hydrogens is 378 g/mol. The molecule has 1 heterocycles. The van der Waals surface area contributed by atoms with E-state index >= 15 is 0 Å². The van der Waals surface area contributed by atoms with Gasteiger partial charge in [-0.3, -0.25) is 4.79 Å². The summed E-state index contributed by atoms with van der Waals surface area (Å²) in [5, 5.41) is 0. The average molecular weight is 399 g/mol. The molecule has 0 spiro atoms. The van der Waals surface area contributed by atoms with Crippen LogP contribution in [0.3, 0.4) is 0 Å². The van der Waals surface area contributed by atoms with Crippen molar-refractivity contribution < 1.29 is 22.7 Å². The lowest BCUT2D eigenvalue weighted by atomic mass is 9.85. The molecular formula is C21H21NO5S. The Balaban J connectivity index is 2.28. The summed E-state index contributed by atoms with van der Waals surface area (Å²) in [6, 6.07) is 15.1. The standard InChI is InChI=1S/C21H21NO5S/c1-21(20(24)22(2)3)18(15-10-12-16(13-11-15)28(4,25)26)17(19(23)27-21)14-8-6-5-7-9-14/h5-13H,1-4H3. The Morgan fingerprint density at radius 3 is 2.04 bits per heavy atom. The van der Waals surface area contributed by atoms with Crippen molar-refractivity contribution in [3.63, 3.8) is 0 Å². The number of sulfone groups is 1. The summed E-state index contributed by atoms with van der Waals surface area (Å²) in [5.74, 6) is -0.972. The van der Waals surface area contributed by atoms with Crippen LogP contribution >= 0.6 is 0 Å². The van der Waals surface area contributed by atoms with Gasteiger partial charge in [-0.2, -0.15) is 0 Å². The second kappa shape index (κ2) is 6.91. The van der Waals surface area contributed by atoms with Gasteiger partial charge in [0.1, 0.15) is 0 Å². The topological polar surface area (TPSA) is 80.8 Å². The van der Waals surface area contributed by atoms with Crippen molar-refractivity contribution in [1.82, 2.24) is 4.90 Å². The first kappa shape index (κ1) is 19.8. The van der Waals surface area contributed by atoms with Crippen LogP contribution in [0.5, 0.6) is 0 Å². The molecule has 0 fully saturated rings. The lowest BCUT2D eigenvalue weighted by Gasteiger charge is -2.28. The second-order valence-electron chi connectivity index (χ2n) is 7.03. The Bertz CT molecular complexity index is 1070. The monoisotopic (exact) mass is 399 g/mol. The third kappa shape index (κ3) is 3.33. The van der Waals surface area contributed by atoms with Crippen LogP contribution in [0.1, 0.15) is 18.1 Å². The van der Waals surface area contributed by atoms with E-state index in [1.807, 2.05) is 6.07 Å². The molecule has 28 heavy (non-hydrogen) atoms. The zero-order valence-corrected chi connectivity index (χ0v) is 16.9. The Hall–Kier alpha value is -2.93. The molecule has 2 aromatic rings. The first-order valence-corrected chi connectivity index (χ1v) is 10.5. The van der Waals surface area contributed by atoms with Crippen molar-refractivity contribution in [2.75, 3.05) is 20.4 Å². The third-order valence-electron chi connectivity index (χ3n) is 4.68. The van der Waals surface area contributed by atoms with Crippen LogP contribution in [-0.2, 0) is 24.2 Å². The zero-order chi connectivity index (χ0) is 20.7. The highest BCUT2D eigenvalue weighted by Crippen LogP contribution is 2.44. The van der Waals surface area contributed by atoms with Crippen LogP contribution in [0.25, 0.3) is 11.1 Å². The first-order chi connectivity index (χ1) is 13.1. The molecule has 0 saturated carbocycles. The van der Waals surface area contributed by atoms with Crippen LogP contribution in [0, 0.1) is 0 Å². The van der Waals surface area contributed by atoms with E-state index in [4.69, 9.17) is 4.74 Å². The molecule has 0 radical (unpaired) electrons. The van der Waals surface area contributed by atoms with Crippen molar-refractivity contribution in [2.24, 2.45) is 0 Å². The molecule has 1 aliphatic rings. The van der Waals surface area contributed by atoms with Crippen molar-refractivity contribution >= 4 is 32.9 Å². The summed E-state index contributed by atoms with van der Waals surface area (Å²) < 4.78 is 29.1. The molecule has 1 atom stereocenters. The largest absolute Gasteiger partial charge is 0.441 e. The number of rotatable bonds is 4. The molecule has 0 bridgehead atoms. The van der Waals surface area contributed by atoms with Gasteiger partial charge in [0.05, 0.1) is 10.5 Å². The first-order valence-electron chi connectivity index (χ1n) is 8.61. The van der Waals surface area contributed by atoms with Gasteiger partial charge in [0.15, 0.2) is 9.84 Å². The fraction of sp³-hybridized carbons (Fsp3) is 0.238. The van der Waals surface area contributed by atoms with Crippen molar-refractivity contribution in [2.45, 2.75) is 17.4 Å². The number of benzene rings is 2. The molecule has 146 valence electrons. The summed E-state index contributed by atoms with van der Waals surface area (Å²) in [6.45, 7) is 1.56. The Morgan fingerprint density at radius 1 is 0.964 bits per heavy atom. The number of hydrogen-bond acceptors (Lipinski definition) is 5. The van der Waals surface area contributed by atoms with Crippen molar-refractivity contribution in [3.05, 3.63) is 65.7 Å². The number of nitrogens with zero attached hydrogens (tertiary/aromatic N) is 1. The Labute approximate surface area is 164 Å². The second-order valence-corrected chi connectivity index (χ2v) is 9.05. The minimum atomic E-state index is -3.37. The Kier molecular flexibility index (Phi) is 4.89. The van der Waals surface area contributed by atoms with Crippen molar-refractivity contribution in [3.8, 4) is 0 Å². The van der Waals surface area contributed by atoms with Gasteiger partial charge in [-0.25, -0.2) is 13.2 Å². The summed E-state index contributed by atoms with van der Waals surface area (Å²) in [7, 11) is -0.188. The van der Waals surface area contributed by atoms with Gasteiger partial charge in [-0.05, 0) is 30.2 Å². The highest BCUT2D eigenvalue weighted by atomic mass is 32.2. The van der Waals surface area contributed by atoms with E-state index in [0.717, 1.165) is 6.26 Å². The van der Waals surface area contributed by atoms with Gasteiger partial charge in [-0.15, -0.1) is 0 Å². The van der Waals surface area contributed by atoms with Crippen LogP contribution in [0.2, 0.25) is 0 Å². The van der Waals surface area contributed by atoms with Gasteiger partial charge in [0, 0.05) is 25.9 Å². The van der Waals surface area contributed by atoms with Crippen LogP contribution in [0.4, 0.5) is 0 Å². The number of cyclic esters (lactones) is 1. The minimum Gasteiger partial charge on any atom is -0.441 e. The molecule has 7 heteroatoms. The summed E-state index contributed by atoms with van der Waals surface area (Å²) in [5.41, 5.74) is 0.380. The SMILES string of the molecule is CN(C)C(=O)C1(C)OC(=O)C(c2ccccc2)=C1c1ccc(S(C)(=O)=O)cc1. The molecule has 0 N–H and O–H groups in total. The van der Waals surface area contributed by atoms with E-state index in [1.165, 1.54) is 17.0 Å². The van der Waals surface area contributed by atoms with Gasteiger partial charge in [-0.1, -0.05) is 42.5 Å². The number of carbonyl (C=O) groups excluding carboxylic acids is 2. The maximum atomic E-state index is 12.9. The Morgan fingerprint density at radius 2 is 1.54 bits per heavy atom. The van der Waals surface area contributed by atoms with Crippen LogP contribution < -0.4 is 0 Å². The average Bonchev–Trinajstić information content (AvgIpc) is 2.92. The molecule has 3 rings (SSSR count). The lowest BCUT2D eigenvalue weighted by Crippen LogP contribution is -2.45. The number of amides is 1. The van der Waals surface area contributed by atoms with Crippen molar-refractivity contribution in [1.29, 1.82) is 0 Å². The summed E-state index contributed by atoms with van der Waals surface area (Å²) in [6.07, 6.45) is 1.12. The molecule has 0 saturated heterocycles. The number of carbonyl (C=O) groups is 2. The molecule has 1 unspecified atom stereocenters. The minimum absolute atomic E-state index is 0.156. The quantitative estimate of drug-likeness (QED) is 0.738. The molecule has 0 aromatic heterocycles. The maximum Gasteiger partial charge on any atom is 0.340 e. The lowest BCUT2D eigenvalue weighted by molar-refractivity contribution is -0.157. The molecule has 2 aromatic carbocycles. The summed E-state index contributed by atoms with van der Waals surface area (Å²) in [4.78, 5) is 27.2. The molecule has 1 amide bonds. The zero-order valence-electron chi connectivity index (χ0n) is 16.1. The van der Waals surface area contributed by atoms with Crippen LogP contribution in [-0.4, -0.2) is 51.1 Å². The number of ether oxygens (including phenoxy) is 1. The van der Waals surface area contributed by atoms with E-state index in [1.54, 1.807) is 57.4 Å². The fourth-order valence-electron chi connectivity index (χ4n) is 3.36. The van der Waals surface area contributed by atoms with Crippen LogP contribution in [0.15, 0.2) is 59.5 Å². The molecule has 6 nitrogen and oxygen atoms in total. The van der Waals surface area contributed by atoms with E-state index in [2.05, 4.69) is 0 Å². The molecule has 0 aliphatic carbocycles. The highest BCUT2D eigenvalue weighted by Gasteiger charge is 2.51. The van der Waals surface area contributed by atoms with Gasteiger partial charge in [0.2, 0.25) is 5.60 Å². The number of hydrogen-bond donors (Lipinski definition) is 0.